The standard InChI is InChI=1S/C22H27N3OS2/c1-6-27-18-9-7-17(8-10-18)21(26)25(12-11-24(4)5)22-23-19-14-15(2)13-16(3)20(19)28-22/h7-10,13-14H,6,11-12H2,1-5H3. The Morgan fingerprint density at radius 2 is 1.82 bits per heavy atom. The molecule has 28 heavy (non-hydrogen) atoms. The van der Waals surface area contributed by atoms with Crippen LogP contribution in [0.1, 0.15) is 28.4 Å². The van der Waals surface area contributed by atoms with Crippen molar-refractivity contribution in [3.05, 3.63) is 53.1 Å². The summed E-state index contributed by atoms with van der Waals surface area (Å²) < 4.78 is 1.15. The Labute approximate surface area is 175 Å². The number of hydrogen-bond donors (Lipinski definition) is 0. The third-order valence-corrected chi connectivity index (χ3v) is 6.59. The number of carbonyl (C=O) groups is 1. The van der Waals surface area contributed by atoms with Crippen LogP contribution in [0.3, 0.4) is 0 Å². The van der Waals surface area contributed by atoms with Gasteiger partial charge in [0.1, 0.15) is 0 Å². The van der Waals surface area contributed by atoms with Crippen molar-refractivity contribution in [2.75, 3.05) is 37.8 Å². The van der Waals surface area contributed by atoms with Crippen LogP contribution in [0.4, 0.5) is 5.13 Å². The molecule has 4 nitrogen and oxygen atoms in total. The molecule has 0 spiro atoms. The number of fused-ring (bicyclic) bond motifs is 1. The van der Waals surface area contributed by atoms with Crippen molar-refractivity contribution in [3.63, 3.8) is 0 Å². The van der Waals surface area contributed by atoms with Crippen molar-refractivity contribution in [3.8, 4) is 0 Å². The van der Waals surface area contributed by atoms with Crippen molar-refractivity contribution < 1.29 is 4.79 Å². The molecule has 0 aliphatic carbocycles. The maximum absolute atomic E-state index is 13.3. The molecule has 6 heteroatoms. The number of amides is 1. The van der Waals surface area contributed by atoms with Crippen LogP contribution in [0, 0.1) is 13.8 Å². The van der Waals surface area contributed by atoms with Gasteiger partial charge in [-0.1, -0.05) is 24.3 Å². The lowest BCUT2D eigenvalue weighted by Gasteiger charge is -2.22. The Morgan fingerprint density at radius 1 is 1.11 bits per heavy atom. The fourth-order valence-corrected chi connectivity index (χ4v) is 4.78. The number of aryl methyl sites for hydroxylation is 2. The second-order valence-corrected chi connectivity index (χ2v) is 9.46. The quantitative estimate of drug-likeness (QED) is 0.497. The monoisotopic (exact) mass is 413 g/mol. The van der Waals surface area contributed by atoms with Crippen molar-refractivity contribution in [1.82, 2.24) is 9.88 Å². The third-order valence-electron chi connectivity index (χ3n) is 4.47. The highest BCUT2D eigenvalue weighted by Gasteiger charge is 2.22. The summed E-state index contributed by atoms with van der Waals surface area (Å²) in [6.45, 7) is 7.70. The summed E-state index contributed by atoms with van der Waals surface area (Å²) in [4.78, 5) is 23.2. The summed E-state index contributed by atoms with van der Waals surface area (Å²) in [6.07, 6.45) is 0. The summed E-state index contributed by atoms with van der Waals surface area (Å²) in [5.74, 6) is 1.02. The van der Waals surface area contributed by atoms with Gasteiger partial charge in [0, 0.05) is 23.5 Å². The van der Waals surface area contributed by atoms with Crippen LogP contribution >= 0.6 is 23.1 Å². The first-order valence-electron chi connectivity index (χ1n) is 9.46. The molecule has 1 heterocycles. The number of nitrogens with zero attached hydrogens (tertiary/aromatic N) is 3. The van der Waals surface area contributed by atoms with Gasteiger partial charge in [0.15, 0.2) is 5.13 Å². The number of likely N-dealkylation sites (N-methyl/N-ethyl adjacent to an activating group) is 1. The van der Waals surface area contributed by atoms with Gasteiger partial charge in [-0.05, 0) is 75.2 Å². The fraction of sp³-hybridized carbons (Fsp3) is 0.364. The Morgan fingerprint density at radius 3 is 2.46 bits per heavy atom. The third kappa shape index (κ3) is 4.74. The van der Waals surface area contributed by atoms with Crippen LogP contribution in [0.2, 0.25) is 0 Å². The van der Waals surface area contributed by atoms with E-state index in [9.17, 15) is 4.79 Å². The minimum Gasteiger partial charge on any atom is -0.308 e. The van der Waals surface area contributed by atoms with Crippen LogP contribution in [0.15, 0.2) is 41.3 Å². The molecule has 0 atom stereocenters. The number of benzene rings is 2. The van der Waals surface area contributed by atoms with Gasteiger partial charge in [-0.25, -0.2) is 4.98 Å². The summed E-state index contributed by atoms with van der Waals surface area (Å²) in [6, 6.07) is 12.2. The average molecular weight is 414 g/mol. The van der Waals surface area contributed by atoms with E-state index in [4.69, 9.17) is 4.98 Å². The lowest BCUT2D eigenvalue weighted by atomic mass is 10.1. The normalized spacial score (nSPS) is 11.4. The molecule has 2 aromatic carbocycles. The van der Waals surface area contributed by atoms with E-state index >= 15 is 0 Å². The number of aromatic nitrogens is 1. The number of rotatable bonds is 7. The summed E-state index contributed by atoms with van der Waals surface area (Å²) in [5.41, 5.74) is 4.07. The van der Waals surface area contributed by atoms with E-state index in [0.717, 1.165) is 27.6 Å². The van der Waals surface area contributed by atoms with Crippen molar-refractivity contribution >= 4 is 44.4 Å². The van der Waals surface area contributed by atoms with E-state index in [1.807, 2.05) is 43.3 Å². The topological polar surface area (TPSA) is 36.4 Å². The zero-order valence-electron chi connectivity index (χ0n) is 17.2. The van der Waals surface area contributed by atoms with E-state index in [1.165, 1.54) is 16.0 Å². The molecule has 0 N–H and O–H groups in total. The minimum absolute atomic E-state index is 0.00308. The van der Waals surface area contributed by atoms with Gasteiger partial charge in [0.25, 0.3) is 5.91 Å². The van der Waals surface area contributed by atoms with Crippen LogP contribution in [-0.4, -0.2) is 48.7 Å². The molecule has 0 fully saturated rings. The van der Waals surface area contributed by atoms with Gasteiger partial charge < -0.3 is 4.90 Å². The van der Waals surface area contributed by atoms with Crippen LogP contribution in [0.25, 0.3) is 10.2 Å². The molecule has 0 aliphatic heterocycles. The number of thioether (sulfide) groups is 1. The zero-order chi connectivity index (χ0) is 20.3. The number of hydrogen-bond acceptors (Lipinski definition) is 5. The largest absolute Gasteiger partial charge is 0.308 e. The molecule has 3 rings (SSSR count). The average Bonchev–Trinajstić information content (AvgIpc) is 3.06. The lowest BCUT2D eigenvalue weighted by Crippen LogP contribution is -2.36. The van der Waals surface area contributed by atoms with Crippen LogP contribution in [-0.2, 0) is 0 Å². The SMILES string of the molecule is CCSc1ccc(C(=O)N(CCN(C)C)c2nc3cc(C)cc(C)c3s2)cc1. The zero-order valence-corrected chi connectivity index (χ0v) is 18.8. The molecule has 0 saturated carbocycles. The van der Waals surface area contributed by atoms with Crippen molar-refractivity contribution in [1.29, 1.82) is 0 Å². The van der Waals surface area contributed by atoms with E-state index < -0.39 is 0 Å². The molecule has 3 aromatic rings. The summed E-state index contributed by atoms with van der Waals surface area (Å²) in [5, 5.41) is 0.766. The van der Waals surface area contributed by atoms with Gasteiger partial charge in [0.05, 0.1) is 10.2 Å². The maximum atomic E-state index is 13.3. The Balaban J connectivity index is 1.96. The first-order chi connectivity index (χ1) is 13.4. The first kappa shape index (κ1) is 20.8. The number of thiazole rings is 1. The highest BCUT2D eigenvalue weighted by Crippen LogP contribution is 2.33. The van der Waals surface area contributed by atoms with Crippen molar-refractivity contribution in [2.24, 2.45) is 0 Å². The molecule has 0 unspecified atom stereocenters. The van der Waals surface area contributed by atoms with Gasteiger partial charge in [-0.15, -0.1) is 11.8 Å². The van der Waals surface area contributed by atoms with Crippen LogP contribution in [0.5, 0.6) is 0 Å². The van der Waals surface area contributed by atoms with Crippen LogP contribution < -0.4 is 4.90 Å². The molecule has 0 bridgehead atoms. The van der Waals surface area contributed by atoms with E-state index in [0.29, 0.717) is 12.1 Å². The minimum atomic E-state index is 0.00308. The van der Waals surface area contributed by atoms with Gasteiger partial charge in [-0.2, -0.15) is 0 Å². The molecular formula is C22H27N3OS2. The Hall–Kier alpha value is -1.89. The Kier molecular flexibility index (Phi) is 6.75. The predicted molar refractivity (Wildman–Crippen MR) is 122 cm³/mol. The number of anilines is 1. The Bertz CT molecular complexity index is 964. The summed E-state index contributed by atoms with van der Waals surface area (Å²) in [7, 11) is 4.04. The molecule has 1 aromatic heterocycles. The highest BCUT2D eigenvalue weighted by atomic mass is 32.2. The first-order valence-corrected chi connectivity index (χ1v) is 11.3. The number of carbonyl (C=O) groups excluding carboxylic acids is 1. The maximum Gasteiger partial charge on any atom is 0.260 e. The smallest absolute Gasteiger partial charge is 0.260 e. The molecular weight excluding hydrogens is 386 g/mol. The second kappa shape index (κ2) is 9.07. The van der Waals surface area contributed by atoms with E-state index in [1.54, 1.807) is 23.1 Å². The fourth-order valence-electron chi connectivity index (χ4n) is 3.08. The molecule has 1 amide bonds. The van der Waals surface area contributed by atoms with Crippen molar-refractivity contribution in [2.45, 2.75) is 25.7 Å². The summed E-state index contributed by atoms with van der Waals surface area (Å²) >= 11 is 3.38. The van der Waals surface area contributed by atoms with Gasteiger partial charge in [-0.3, -0.25) is 9.69 Å². The van der Waals surface area contributed by atoms with Gasteiger partial charge in [0.2, 0.25) is 0 Å². The highest BCUT2D eigenvalue weighted by molar-refractivity contribution is 7.99. The van der Waals surface area contributed by atoms with Gasteiger partial charge >= 0.3 is 0 Å². The molecule has 148 valence electrons. The van der Waals surface area contributed by atoms with E-state index in [2.05, 4.69) is 37.8 Å². The second-order valence-electron chi connectivity index (χ2n) is 7.14. The predicted octanol–water partition coefficient (Wildman–Crippen LogP) is 5.23. The molecule has 0 aliphatic rings. The molecule has 0 radical (unpaired) electrons. The molecule has 0 saturated heterocycles. The lowest BCUT2D eigenvalue weighted by molar-refractivity contribution is 0.0985. The van der Waals surface area contributed by atoms with E-state index in [-0.39, 0.29) is 5.91 Å².